The van der Waals surface area contributed by atoms with Gasteiger partial charge in [0.25, 0.3) is 0 Å². The van der Waals surface area contributed by atoms with Crippen molar-refractivity contribution in [2.24, 2.45) is 0 Å². The lowest BCUT2D eigenvalue weighted by atomic mass is 10.0. The Labute approximate surface area is 181 Å². The average Bonchev–Trinajstić information content (AvgIpc) is 3.24. The van der Waals surface area contributed by atoms with E-state index < -0.39 is 0 Å². The van der Waals surface area contributed by atoms with Gasteiger partial charge >= 0.3 is 0 Å². The van der Waals surface area contributed by atoms with Crippen LogP contribution in [0.4, 0.5) is 5.69 Å². The highest BCUT2D eigenvalue weighted by Gasteiger charge is 2.35. The molecule has 0 N–H and O–H groups in total. The second-order valence-electron chi connectivity index (χ2n) is 7.64. The van der Waals surface area contributed by atoms with E-state index in [1.54, 1.807) is 20.3 Å². The van der Waals surface area contributed by atoms with Crippen LogP contribution < -0.4 is 4.90 Å². The quantitative estimate of drug-likeness (QED) is 0.556. The number of halogens is 2. The van der Waals surface area contributed by atoms with E-state index >= 15 is 0 Å². The monoisotopic (exact) mass is 433 g/mol. The van der Waals surface area contributed by atoms with Gasteiger partial charge in [-0.3, -0.25) is 0 Å². The summed E-state index contributed by atoms with van der Waals surface area (Å²) in [4.78, 5) is 2.39. The third kappa shape index (κ3) is 3.73. The zero-order valence-electron chi connectivity index (χ0n) is 17.1. The molecule has 29 heavy (non-hydrogen) atoms. The Balaban J connectivity index is 2.00. The molecule has 1 aromatic carbocycles. The van der Waals surface area contributed by atoms with Crippen molar-refractivity contribution in [3.8, 4) is 11.1 Å². The number of benzene rings is 1. The maximum atomic E-state index is 6.64. The topological polar surface area (TPSA) is 39.0 Å². The maximum Gasteiger partial charge on any atom is 0.0889 e. The van der Waals surface area contributed by atoms with E-state index in [0.717, 1.165) is 46.6 Å². The number of aromatic nitrogens is 2. The summed E-state index contributed by atoms with van der Waals surface area (Å²) in [5.74, 6) is 0. The second kappa shape index (κ2) is 8.15. The van der Waals surface area contributed by atoms with Crippen LogP contribution in [-0.2, 0) is 9.47 Å². The molecule has 0 bridgehead atoms. The van der Waals surface area contributed by atoms with Gasteiger partial charge < -0.3 is 14.4 Å². The molecule has 5 nitrogen and oxygen atoms in total. The van der Waals surface area contributed by atoms with Gasteiger partial charge in [-0.15, -0.1) is 0 Å². The SMILES string of the molecule is COC[C@@H]1C[C@@H](OC)CN1c1c(-c2ccc(Cl)cc2Cl)c(C)nn2cc(C)cc12. The predicted octanol–water partition coefficient (Wildman–Crippen LogP) is 5.17. The first kappa shape index (κ1) is 20.5. The molecule has 0 aliphatic carbocycles. The lowest BCUT2D eigenvalue weighted by Crippen LogP contribution is -2.34. The minimum atomic E-state index is 0.147. The van der Waals surface area contributed by atoms with Gasteiger partial charge in [0.2, 0.25) is 0 Å². The molecule has 2 aromatic heterocycles. The highest BCUT2D eigenvalue weighted by Crippen LogP contribution is 2.43. The van der Waals surface area contributed by atoms with Gasteiger partial charge in [0.15, 0.2) is 0 Å². The summed E-state index contributed by atoms with van der Waals surface area (Å²) < 4.78 is 13.2. The summed E-state index contributed by atoms with van der Waals surface area (Å²) in [6, 6.07) is 7.99. The summed E-state index contributed by atoms with van der Waals surface area (Å²) in [7, 11) is 3.51. The fourth-order valence-electron chi connectivity index (χ4n) is 4.33. The molecule has 1 saturated heterocycles. The lowest BCUT2D eigenvalue weighted by molar-refractivity contribution is 0.111. The first-order valence-corrected chi connectivity index (χ1v) is 10.4. The van der Waals surface area contributed by atoms with Crippen LogP contribution in [0.2, 0.25) is 10.0 Å². The predicted molar refractivity (Wildman–Crippen MR) is 119 cm³/mol. The van der Waals surface area contributed by atoms with Crippen molar-refractivity contribution in [1.82, 2.24) is 9.61 Å². The van der Waals surface area contributed by atoms with Crippen LogP contribution in [0.25, 0.3) is 16.6 Å². The number of rotatable bonds is 5. The molecule has 0 amide bonds. The van der Waals surface area contributed by atoms with E-state index in [1.807, 2.05) is 29.8 Å². The van der Waals surface area contributed by atoms with Crippen molar-refractivity contribution in [2.75, 3.05) is 32.3 Å². The number of hydrogen-bond donors (Lipinski definition) is 0. The molecule has 0 radical (unpaired) electrons. The minimum absolute atomic E-state index is 0.147. The fraction of sp³-hybridized carbons (Fsp3) is 0.409. The lowest BCUT2D eigenvalue weighted by Gasteiger charge is -2.30. The number of nitrogens with zero attached hydrogens (tertiary/aromatic N) is 3. The summed E-state index contributed by atoms with van der Waals surface area (Å²) in [5.41, 5.74) is 6.17. The van der Waals surface area contributed by atoms with E-state index in [9.17, 15) is 0 Å². The van der Waals surface area contributed by atoms with Crippen LogP contribution in [0.3, 0.4) is 0 Å². The molecule has 3 heterocycles. The maximum absolute atomic E-state index is 6.64. The number of ether oxygens (including phenoxy) is 2. The first-order valence-electron chi connectivity index (χ1n) is 9.66. The highest BCUT2D eigenvalue weighted by molar-refractivity contribution is 6.36. The van der Waals surface area contributed by atoms with Gasteiger partial charge in [-0.25, -0.2) is 4.52 Å². The molecule has 1 fully saturated rings. The zero-order valence-corrected chi connectivity index (χ0v) is 18.6. The molecule has 3 aromatic rings. The number of fused-ring (bicyclic) bond motifs is 1. The molecular formula is C22H25Cl2N3O2. The van der Waals surface area contributed by atoms with Gasteiger partial charge in [-0.05, 0) is 44.0 Å². The van der Waals surface area contributed by atoms with Crippen molar-refractivity contribution in [1.29, 1.82) is 0 Å². The molecule has 0 spiro atoms. The smallest absolute Gasteiger partial charge is 0.0889 e. The summed E-state index contributed by atoms with van der Waals surface area (Å²) in [5, 5.41) is 6.04. The number of hydrogen-bond acceptors (Lipinski definition) is 4. The fourth-order valence-corrected chi connectivity index (χ4v) is 4.83. The van der Waals surface area contributed by atoms with E-state index in [1.165, 1.54) is 0 Å². The Kier molecular flexibility index (Phi) is 5.76. The molecule has 1 aliphatic rings. The van der Waals surface area contributed by atoms with E-state index in [4.69, 9.17) is 37.8 Å². The van der Waals surface area contributed by atoms with Crippen molar-refractivity contribution in [3.63, 3.8) is 0 Å². The van der Waals surface area contributed by atoms with E-state index in [-0.39, 0.29) is 12.1 Å². The Morgan fingerprint density at radius 1 is 1.17 bits per heavy atom. The van der Waals surface area contributed by atoms with Crippen molar-refractivity contribution >= 4 is 34.4 Å². The van der Waals surface area contributed by atoms with Crippen molar-refractivity contribution in [3.05, 3.63) is 51.8 Å². The third-order valence-corrected chi connectivity index (χ3v) is 6.14. The Morgan fingerprint density at radius 2 is 1.97 bits per heavy atom. The molecule has 1 aliphatic heterocycles. The number of anilines is 1. The Morgan fingerprint density at radius 3 is 2.66 bits per heavy atom. The van der Waals surface area contributed by atoms with Gasteiger partial charge in [0.05, 0.1) is 40.7 Å². The minimum Gasteiger partial charge on any atom is -0.383 e. The molecule has 4 rings (SSSR count). The van der Waals surface area contributed by atoms with E-state index in [0.29, 0.717) is 16.7 Å². The standard InChI is InChI=1S/C22H25Cl2N3O2/c1-13-7-20-22(26-11-17(29-4)9-16(26)12-28-3)21(14(2)25-27(20)10-13)18-6-5-15(23)8-19(18)24/h5-8,10,16-17H,9,11-12H2,1-4H3/t16-,17+/m0/s1. The summed E-state index contributed by atoms with van der Waals surface area (Å²) in [6.45, 7) is 5.51. The molecule has 0 saturated carbocycles. The van der Waals surface area contributed by atoms with Crippen LogP contribution in [0.1, 0.15) is 17.7 Å². The van der Waals surface area contributed by atoms with Gasteiger partial charge in [0, 0.05) is 43.1 Å². The van der Waals surface area contributed by atoms with Crippen molar-refractivity contribution < 1.29 is 9.47 Å². The number of aryl methyl sites for hydroxylation is 2. The highest BCUT2D eigenvalue weighted by atomic mass is 35.5. The number of methoxy groups -OCH3 is 2. The summed E-state index contributed by atoms with van der Waals surface area (Å²) >= 11 is 12.8. The molecule has 2 atom stereocenters. The normalized spacial score (nSPS) is 19.4. The van der Waals surface area contributed by atoms with Gasteiger partial charge in [0.1, 0.15) is 0 Å². The molecule has 154 valence electrons. The van der Waals surface area contributed by atoms with Crippen molar-refractivity contribution in [2.45, 2.75) is 32.4 Å². The third-order valence-electron chi connectivity index (χ3n) is 5.59. The van der Waals surface area contributed by atoms with E-state index in [2.05, 4.69) is 17.9 Å². The van der Waals surface area contributed by atoms with Crippen LogP contribution in [0, 0.1) is 13.8 Å². The summed E-state index contributed by atoms with van der Waals surface area (Å²) in [6.07, 6.45) is 3.10. The largest absolute Gasteiger partial charge is 0.383 e. The van der Waals surface area contributed by atoms with Crippen LogP contribution in [-0.4, -0.2) is 49.1 Å². The van der Waals surface area contributed by atoms with Gasteiger partial charge in [-0.2, -0.15) is 5.10 Å². The van der Waals surface area contributed by atoms with Crippen LogP contribution in [0.5, 0.6) is 0 Å². The van der Waals surface area contributed by atoms with Crippen LogP contribution >= 0.6 is 23.2 Å². The Bertz CT molecular complexity index is 1050. The zero-order chi connectivity index (χ0) is 20.7. The molecular weight excluding hydrogens is 409 g/mol. The second-order valence-corrected chi connectivity index (χ2v) is 8.48. The molecule has 0 unspecified atom stereocenters. The molecule has 7 heteroatoms. The average molecular weight is 434 g/mol. The first-order chi connectivity index (χ1) is 13.9. The van der Waals surface area contributed by atoms with Crippen LogP contribution in [0.15, 0.2) is 30.5 Å². The van der Waals surface area contributed by atoms with Gasteiger partial charge in [-0.1, -0.05) is 29.3 Å². The Hall–Kier alpha value is -1.79.